The molecule has 0 saturated heterocycles. The molecule has 0 atom stereocenters. The quantitative estimate of drug-likeness (QED) is 0.342. The van der Waals surface area contributed by atoms with Crippen LogP contribution in [0, 0.1) is 0 Å². The van der Waals surface area contributed by atoms with Crippen LogP contribution in [0.5, 0.6) is 0 Å². The van der Waals surface area contributed by atoms with Crippen LogP contribution in [0.3, 0.4) is 0 Å². The zero-order valence-corrected chi connectivity index (χ0v) is 5.46. The average molecular weight is 106 g/mol. The van der Waals surface area contributed by atoms with Gasteiger partial charge in [0.25, 0.3) is 0 Å². The molecule has 0 aliphatic rings. The molecule has 0 rings (SSSR count). The molecule has 3 heteroatoms. The number of rotatable bonds is 1. The smallest absolute Gasteiger partial charge is 0.187 e. The van der Waals surface area contributed by atoms with Crippen LogP contribution in [-0.4, -0.2) is 23.3 Å². The summed E-state index contributed by atoms with van der Waals surface area (Å²) in [4.78, 5) is 0. The highest BCUT2D eigenvalue weighted by Gasteiger charge is 1.91. The molecule has 0 N–H and O–H groups in total. The fourth-order valence-electron chi connectivity index (χ4n) is 0. The van der Waals surface area contributed by atoms with E-state index in [1.54, 1.807) is 13.4 Å². The molecule has 38 valence electrons. The fourth-order valence-corrected chi connectivity index (χ4v) is 0. The Kier molecular flexibility index (Phi) is 1.84. The van der Waals surface area contributed by atoms with E-state index in [1.165, 1.54) is 0 Å². The number of thiol groups is 1. The van der Waals surface area contributed by atoms with Gasteiger partial charge in [-0.25, -0.2) is 0 Å². The maximum Gasteiger partial charge on any atom is 0.187 e. The molecule has 0 aliphatic heterocycles. The Hall–Kier alpha value is 0.215. The first kappa shape index (κ1) is 6.21. The summed E-state index contributed by atoms with van der Waals surface area (Å²) in [6, 6.07) is 0. The molecule has 0 fully saturated rings. The molecule has 0 amide bonds. The Balaban J connectivity index is 3.48. The van der Waals surface area contributed by atoms with E-state index in [0.29, 0.717) is 0 Å². The minimum Gasteiger partial charge on any atom is -0.295 e. The SMILES string of the molecule is B[SH](C)(=O)CC. The van der Waals surface area contributed by atoms with Crippen LogP contribution in [0.4, 0.5) is 0 Å². The third-order valence-electron chi connectivity index (χ3n) is 0.762. The molecule has 0 aromatic rings. The lowest BCUT2D eigenvalue weighted by molar-refractivity contribution is 0.684. The van der Waals surface area contributed by atoms with Crippen LogP contribution in [0.1, 0.15) is 6.92 Å². The topological polar surface area (TPSA) is 17.1 Å². The van der Waals surface area contributed by atoms with Crippen LogP contribution in [0.25, 0.3) is 0 Å². The molecule has 6 heavy (non-hydrogen) atoms. The third-order valence-corrected chi connectivity index (χ3v) is 2.28. The molecule has 0 heterocycles. The molecule has 0 aromatic carbocycles. The van der Waals surface area contributed by atoms with Gasteiger partial charge in [-0.2, -0.15) is 0 Å². The predicted molar refractivity (Wildman–Crippen MR) is 34.5 cm³/mol. The molecule has 0 aliphatic carbocycles. The summed E-state index contributed by atoms with van der Waals surface area (Å²) < 4.78 is 10.6. The van der Waals surface area contributed by atoms with E-state index in [-0.39, 0.29) is 0 Å². The summed E-state index contributed by atoms with van der Waals surface area (Å²) in [5.41, 5.74) is 0. The second-order valence-corrected chi connectivity index (χ2v) is 5.67. The number of hydrogen-bond acceptors (Lipinski definition) is 1. The van der Waals surface area contributed by atoms with E-state index in [0.717, 1.165) is 5.75 Å². The predicted octanol–water partition coefficient (Wildman–Crippen LogP) is -0.799. The summed E-state index contributed by atoms with van der Waals surface area (Å²) in [6.07, 6.45) is 1.80. The maximum absolute atomic E-state index is 10.6. The maximum atomic E-state index is 10.6. The molecule has 0 radical (unpaired) electrons. The molecular formula is C3H11BOS. The van der Waals surface area contributed by atoms with E-state index >= 15 is 0 Å². The van der Waals surface area contributed by atoms with Crippen molar-refractivity contribution >= 4 is 16.9 Å². The van der Waals surface area contributed by atoms with Gasteiger partial charge in [-0.3, -0.25) is 4.21 Å². The first-order valence-electron chi connectivity index (χ1n) is 2.10. The standard InChI is InChI=1S/C3H11BOS/c1-3-6(2,4)5/h6H,3-4H2,1-2H3. The summed E-state index contributed by atoms with van der Waals surface area (Å²) in [6.45, 7) is 1.95. The van der Waals surface area contributed by atoms with Crippen molar-refractivity contribution in [3.05, 3.63) is 0 Å². The van der Waals surface area contributed by atoms with Crippen molar-refractivity contribution in [1.29, 1.82) is 0 Å². The summed E-state index contributed by atoms with van der Waals surface area (Å²) >= 11 is 0. The van der Waals surface area contributed by atoms with Gasteiger partial charge in [0.05, 0.1) is 0 Å². The molecule has 1 nitrogen and oxygen atoms in total. The van der Waals surface area contributed by atoms with E-state index in [2.05, 4.69) is 0 Å². The van der Waals surface area contributed by atoms with Crippen molar-refractivity contribution in [3.8, 4) is 0 Å². The highest BCUT2D eigenvalue weighted by molar-refractivity contribution is 8.21. The van der Waals surface area contributed by atoms with Gasteiger partial charge in [0, 0.05) is 0 Å². The van der Waals surface area contributed by atoms with Crippen molar-refractivity contribution in [2.45, 2.75) is 6.92 Å². The van der Waals surface area contributed by atoms with Gasteiger partial charge >= 0.3 is 0 Å². The summed E-state index contributed by atoms with van der Waals surface area (Å²) in [5.74, 6) is 0.826. The highest BCUT2D eigenvalue weighted by atomic mass is 32.2. The van der Waals surface area contributed by atoms with Crippen LogP contribution < -0.4 is 0 Å². The Bertz CT molecular complexity index is 74.9. The molecule has 0 unspecified atom stereocenters. The highest BCUT2D eigenvalue weighted by Crippen LogP contribution is 1.85. The first-order valence-corrected chi connectivity index (χ1v) is 4.89. The van der Waals surface area contributed by atoms with Gasteiger partial charge in [-0.1, -0.05) is 6.92 Å². The largest absolute Gasteiger partial charge is 0.295 e. The number of hydrogen-bond donors (Lipinski definition) is 1. The minimum atomic E-state index is -1.65. The molecule has 0 bridgehead atoms. The summed E-state index contributed by atoms with van der Waals surface area (Å²) in [7, 11) is 0.152. The second kappa shape index (κ2) is 1.78. The van der Waals surface area contributed by atoms with Gasteiger partial charge < -0.3 is 0 Å². The first-order chi connectivity index (χ1) is 2.56. The fraction of sp³-hybridized carbons (Fsp3) is 1.00. The molecule has 0 saturated carbocycles. The van der Waals surface area contributed by atoms with Gasteiger partial charge in [0.15, 0.2) is 7.12 Å². The van der Waals surface area contributed by atoms with Gasteiger partial charge in [-0.15, -0.1) is 9.78 Å². The monoisotopic (exact) mass is 106 g/mol. The lowest BCUT2D eigenvalue weighted by Crippen LogP contribution is -2.09. The van der Waals surface area contributed by atoms with Gasteiger partial charge in [-0.05, 0) is 12.0 Å². The van der Waals surface area contributed by atoms with Crippen LogP contribution >= 0.6 is 0 Å². The van der Waals surface area contributed by atoms with E-state index in [4.69, 9.17) is 0 Å². The molecular weight excluding hydrogens is 94.9 g/mol. The average Bonchev–Trinajstić information content (AvgIpc) is 1.35. The van der Waals surface area contributed by atoms with Crippen LogP contribution in [-0.2, 0) is 9.78 Å². The Morgan fingerprint density at radius 2 is 2.00 bits per heavy atom. The van der Waals surface area contributed by atoms with E-state index in [9.17, 15) is 4.21 Å². The third kappa shape index (κ3) is 4.21. The lowest BCUT2D eigenvalue weighted by Gasteiger charge is -2.03. The van der Waals surface area contributed by atoms with Crippen molar-refractivity contribution < 1.29 is 4.21 Å². The van der Waals surface area contributed by atoms with E-state index < -0.39 is 9.78 Å². The van der Waals surface area contributed by atoms with Crippen LogP contribution in [0.15, 0.2) is 0 Å². The second-order valence-electron chi connectivity index (χ2n) is 1.89. The van der Waals surface area contributed by atoms with Crippen molar-refractivity contribution in [1.82, 2.24) is 0 Å². The lowest BCUT2D eigenvalue weighted by atomic mass is 10.8. The Labute approximate surface area is 40.9 Å². The Morgan fingerprint density at radius 3 is 2.00 bits per heavy atom. The summed E-state index contributed by atoms with van der Waals surface area (Å²) in [5, 5.41) is 0. The minimum absolute atomic E-state index is 0.826. The zero-order chi connectivity index (χ0) is 5.21. The normalized spacial score (nSPS) is 14.3. The van der Waals surface area contributed by atoms with Gasteiger partial charge in [0.1, 0.15) is 0 Å². The zero-order valence-electron chi connectivity index (χ0n) is 4.56. The molecule has 0 spiro atoms. The van der Waals surface area contributed by atoms with Crippen molar-refractivity contribution in [2.24, 2.45) is 0 Å². The van der Waals surface area contributed by atoms with Gasteiger partial charge in [0.2, 0.25) is 0 Å². The van der Waals surface area contributed by atoms with Crippen molar-refractivity contribution in [3.63, 3.8) is 0 Å². The Morgan fingerprint density at radius 1 is 1.83 bits per heavy atom. The van der Waals surface area contributed by atoms with Crippen LogP contribution in [0.2, 0.25) is 0 Å². The molecule has 0 aromatic heterocycles. The van der Waals surface area contributed by atoms with Crippen molar-refractivity contribution in [2.75, 3.05) is 12.0 Å². The van der Waals surface area contributed by atoms with E-state index in [1.807, 2.05) is 6.92 Å².